The fourth-order valence-corrected chi connectivity index (χ4v) is 2.41. The van der Waals surface area contributed by atoms with Gasteiger partial charge in [0.1, 0.15) is 11.5 Å². The molecule has 0 N–H and O–H groups in total. The number of alkyl halides is 1. The minimum absolute atomic E-state index is 0.0713. The second kappa shape index (κ2) is 4.50. The van der Waals surface area contributed by atoms with E-state index in [4.69, 9.17) is 16.0 Å². The molecule has 1 aliphatic rings. The van der Waals surface area contributed by atoms with E-state index in [0.29, 0.717) is 23.1 Å². The standard InChI is InChI=1S/C12H16ClNO2/c1-8-5-11(9(2)16-8)12(15)14-4-3-10(6-13)7-14/h5,10H,3-4,6-7H2,1-2H3. The number of halogens is 1. The summed E-state index contributed by atoms with van der Waals surface area (Å²) in [5.41, 5.74) is 0.688. The van der Waals surface area contributed by atoms with Crippen molar-refractivity contribution >= 4 is 17.5 Å². The number of rotatable bonds is 2. The van der Waals surface area contributed by atoms with Crippen LogP contribution in [0.3, 0.4) is 0 Å². The quantitative estimate of drug-likeness (QED) is 0.746. The van der Waals surface area contributed by atoms with E-state index >= 15 is 0 Å². The van der Waals surface area contributed by atoms with Crippen molar-refractivity contribution in [3.8, 4) is 0 Å². The summed E-state index contributed by atoms with van der Waals surface area (Å²) in [6.07, 6.45) is 1.01. The average Bonchev–Trinajstić information content (AvgIpc) is 2.84. The molecule has 0 aliphatic carbocycles. The van der Waals surface area contributed by atoms with Gasteiger partial charge in [0.15, 0.2) is 0 Å². The Morgan fingerprint density at radius 2 is 2.38 bits per heavy atom. The van der Waals surface area contributed by atoms with Crippen LogP contribution in [0.25, 0.3) is 0 Å². The molecule has 1 aromatic rings. The van der Waals surface area contributed by atoms with Gasteiger partial charge in [-0.25, -0.2) is 0 Å². The van der Waals surface area contributed by atoms with Gasteiger partial charge in [-0.15, -0.1) is 11.6 Å². The molecular formula is C12H16ClNO2. The van der Waals surface area contributed by atoms with Crippen LogP contribution in [-0.2, 0) is 0 Å². The van der Waals surface area contributed by atoms with E-state index in [1.165, 1.54) is 0 Å². The number of likely N-dealkylation sites (tertiary alicyclic amines) is 1. The summed E-state index contributed by atoms with van der Waals surface area (Å²) in [7, 11) is 0. The molecule has 1 fully saturated rings. The second-order valence-electron chi connectivity index (χ2n) is 4.39. The fraction of sp³-hybridized carbons (Fsp3) is 0.583. The van der Waals surface area contributed by atoms with E-state index < -0.39 is 0 Å². The van der Waals surface area contributed by atoms with Crippen LogP contribution in [0.4, 0.5) is 0 Å². The van der Waals surface area contributed by atoms with Gasteiger partial charge in [-0.3, -0.25) is 4.79 Å². The summed E-state index contributed by atoms with van der Waals surface area (Å²) < 4.78 is 5.37. The first-order valence-electron chi connectivity index (χ1n) is 5.54. The topological polar surface area (TPSA) is 33.5 Å². The molecule has 2 heterocycles. The van der Waals surface area contributed by atoms with Crippen molar-refractivity contribution in [3.05, 3.63) is 23.2 Å². The molecule has 2 rings (SSSR count). The Labute approximate surface area is 100 Å². The highest BCUT2D eigenvalue weighted by atomic mass is 35.5. The molecule has 0 aromatic carbocycles. The van der Waals surface area contributed by atoms with E-state index in [0.717, 1.165) is 25.3 Å². The number of hydrogen-bond acceptors (Lipinski definition) is 2. The Kier molecular flexibility index (Phi) is 3.24. The smallest absolute Gasteiger partial charge is 0.257 e. The number of furan rings is 1. The fourth-order valence-electron chi connectivity index (χ4n) is 2.16. The molecular weight excluding hydrogens is 226 g/mol. The molecule has 3 nitrogen and oxygen atoms in total. The number of amides is 1. The zero-order chi connectivity index (χ0) is 11.7. The zero-order valence-corrected chi connectivity index (χ0v) is 10.4. The van der Waals surface area contributed by atoms with Gasteiger partial charge in [0.2, 0.25) is 0 Å². The van der Waals surface area contributed by atoms with Crippen molar-refractivity contribution in [1.29, 1.82) is 0 Å². The molecule has 1 aromatic heterocycles. The average molecular weight is 242 g/mol. The van der Waals surface area contributed by atoms with Gasteiger partial charge in [-0.1, -0.05) is 0 Å². The van der Waals surface area contributed by atoms with Crippen LogP contribution in [0.2, 0.25) is 0 Å². The molecule has 1 atom stereocenters. The van der Waals surface area contributed by atoms with Crippen LogP contribution in [0.1, 0.15) is 28.3 Å². The third kappa shape index (κ3) is 2.09. The maximum atomic E-state index is 12.2. The van der Waals surface area contributed by atoms with Crippen molar-refractivity contribution in [3.63, 3.8) is 0 Å². The zero-order valence-electron chi connectivity index (χ0n) is 9.62. The molecule has 0 radical (unpaired) electrons. The molecule has 4 heteroatoms. The summed E-state index contributed by atoms with van der Waals surface area (Å²) >= 11 is 5.80. The first-order chi connectivity index (χ1) is 7.61. The van der Waals surface area contributed by atoms with Crippen LogP contribution >= 0.6 is 11.6 Å². The molecule has 0 saturated carbocycles. The molecule has 1 unspecified atom stereocenters. The minimum atomic E-state index is 0.0713. The number of carbonyl (C=O) groups is 1. The Balaban J connectivity index is 2.11. The molecule has 1 amide bonds. The highest BCUT2D eigenvalue weighted by Gasteiger charge is 2.28. The summed E-state index contributed by atoms with van der Waals surface area (Å²) in [6, 6.07) is 1.81. The van der Waals surface area contributed by atoms with Crippen LogP contribution in [0.15, 0.2) is 10.5 Å². The molecule has 0 bridgehead atoms. The van der Waals surface area contributed by atoms with Gasteiger partial charge in [0.25, 0.3) is 5.91 Å². The Bertz CT molecular complexity index is 400. The number of hydrogen-bond donors (Lipinski definition) is 0. The molecule has 16 heavy (non-hydrogen) atoms. The molecule has 88 valence electrons. The lowest BCUT2D eigenvalue weighted by atomic mass is 10.2. The lowest BCUT2D eigenvalue weighted by Gasteiger charge is -2.15. The van der Waals surface area contributed by atoms with Crippen molar-refractivity contribution in [2.75, 3.05) is 19.0 Å². The monoisotopic (exact) mass is 241 g/mol. The number of nitrogens with zero attached hydrogens (tertiary/aromatic N) is 1. The van der Waals surface area contributed by atoms with Gasteiger partial charge in [0, 0.05) is 19.0 Å². The Morgan fingerprint density at radius 1 is 1.62 bits per heavy atom. The highest BCUT2D eigenvalue weighted by Crippen LogP contribution is 2.22. The predicted octanol–water partition coefficient (Wildman–Crippen LogP) is 2.60. The number of aryl methyl sites for hydroxylation is 2. The maximum absolute atomic E-state index is 12.2. The minimum Gasteiger partial charge on any atom is -0.466 e. The molecule has 1 saturated heterocycles. The van der Waals surface area contributed by atoms with E-state index in [-0.39, 0.29) is 5.91 Å². The highest BCUT2D eigenvalue weighted by molar-refractivity contribution is 6.18. The van der Waals surface area contributed by atoms with E-state index in [1.807, 2.05) is 24.8 Å². The van der Waals surface area contributed by atoms with E-state index in [2.05, 4.69) is 0 Å². The summed E-state index contributed by atoms with van der Waals surface area (Å²) in [5.74, 6) is 2.64. The van der Waals surface area contributed by atoms with Gasteiger partial charge >= 0.3 is 0 Å². The first-order valence-corrected chi connectivity index (χ1v) is 6.07. The second-order valence-corrected chi connectivity index (χ2v) is 4.70. The van der Waals surface area contributed by atoms with Crippen LogP contribution in [0.5, 0.6) is 0 Å². The van der Waals surface area contributed by atoms with Crippen molar-refractivity contribution in [2.24, 2.45) is 5.92 Å². The third-order valence-electron chi connectivity index (χ3n) is 3.06. The third-order valence-corrected chi connectivity index (χ3v) is 3.50. The Morgan fingerprint density at radius 3 is 2.88 bits per heavy atom. The summed E-state index contributed by atoms with van der Waals surface area (Å²) in [4.78, 5) is 14.0. The lowest BCUT2D eigenvalue weighted by molar-refractivity contribution is 0.0786. The van der Waals surface area contributed by atoms with Crippen molar-refractivity contribution in [2.45, 2.75) is 20.3 Å². The largest absolute Gasteiger partial charge is 0.466 e. The van der Waals surface area contributed by atoms with E-state index in [9.17, 15) is 4.79 Å². The number of carbonyl (C=O) groups excluding carboxylic acids is 1. The SMILES string of the molecule is Cc1cc(C(=O)N2CCC(CCl)C2)c(C)o1. The van der Waals surface area contributed by atoms with Crippen LogP contribution in [-0.4, -0.2) is 29.8 Å². The van der Waals surface area contributed by atoms with Crippen molar-refractivity contribution in [1.82, 2.24) is 4.90 Å². The maximum Gasteiger partial charge on any atom is 0.257 e. The normalized spacial score (nSPS) is 20.4. The summed E-state index contributed by atoms with van der Waals surface area (Å²) in [6.45, 7) is 5.26. The lowest BCUT2D eigenvalue weighted by Crippen LogP contribution is -2.29. The predicted molar refractivity (Wildman–Crippen MR) is 62.9 cm³/mol. The molecule has 1 aliphatic heterocycles. The molecule has 0 spiro atoms. The Hall–Kier alpha value is -0.960. The van der Waals surface area contributed by atoms with Gasteiger partial charge in [-0.05, 0) is 32.3 Å². The summed E-state index contributed by atoms with van der Waals surface area (Å²) in [5, 5.41) is 0. The first kappa shape index (κ1) is 11.5. The van der Waals surface area contributed by atoms with Crippen molar-refractivity contribution < 1.29 is 9.21 Å². The van der Waals surface area contributed by atoms with E-state index in [1.54, 1.807) is 0 Å². The van der Waals surface area contributed by atoms with Gasteiger partial charge in [0.05, 0.1) is 5.56 Å². The van der Waals surface area contributed by atoms with Gasteiger partial charge < -0.3 is 9.32 Å². The van der Waals surface area contributed by atoms with Crippen LogP contribution in [0, 0.1) is 19.8 Å². The van der Waals surface area contributed by atoms with Gasteiger partial charge in [-0.2, -0.15) is 0 Å². The van der Waals surface area contributed by atoms with Crippen LogP contribution < -0.4 is 0 Å².